The van der Waals surface area contributed by atoms with E-state index in [1.165, 1.54) is 6.20 Å². The van der Waals surface area contributed by atoms with Crippen molar-refractivity contribution in [1.82, 2.24) is 15.3 Å². The Bertz CT molecular complexity index is 703. The molecule has 1 fully saturated rings. The van der Waals surface area contributed by atoms with Crippen LogP contribution < -0.4 is 10.9 Å². The van der Waals surface area contributed by atoms with E-state index in [2.05, 4.69) is 15.3 Å². The highest BCUT2D eigenvalue weighted by molar-refractivity contribution is 5.94. The number of hydrogen-bond donors (Lipinski definition) is 2. The summed E-state index contributed by atoms with van der Waals surface area (Å²) in [4.78, 5) is 29.9. The van der Waals surface area contributed by atoms with Crippen molar-refractivity contribution in [2.75, 3.05) is 13.2 Å². The second kappa shape index (κ2) is 6.53. The van der Waals surface area contributed by atoms with Crippen LogP contribution in [0.25, 0.3) is 11.3 Å². The van der Waals surface area contributed by atoms with Gasteiger partial charge in [-0.1, -0.05) is 12.1 Å². The molecule has 1 saturated heterocycles. The van der Waals surface area contributed by atoms with Gasteiger partial charge in [0.25, 0.3) is 11.5 Å². The number of nitrogens with zero attached hydrogens (tertiary/aromatic N) is 1. The van der Waals surface area contributed by atoms with Crippen molar-refractivity contribution in [2.45, 2.75) is 18.9 Å². The standard InChI is InChI=1S/C16H17N3O3/c20-15-10-17-9-14(19-15)11-3-5-12(6-4-11)16(21)18-8-13-2-1-7-22-13/h3-6,9-10,13H,1-2,7-8H2,(H,18,21)(H,19,20)/t13-/m1/s1. The SMILES string of the molecule is O=C(NC[C@H]1CCCO1)c1ccc(-c2cncc(=O)[nH]2)cc1. The number of H-pyrrole nitrogens is 1. The normalized spacial score (nSPS) is 17.4. The van der Waals surface area contributed by atoms with E-state index in [0.717, 1.165) is 25.0 Å². The van der Waals surface area contributed by atoms with Gasteiger partial charge in [0.2, 0.25) is 0 Å². The number of amides is 1. The van der Waals surface area contributed by atoms with E-state index in [4.69, 9.17) is 4.74 Å². The largest absolute Gasteiger partial charge is 0.376 e. The number of aromatic nitrogens is 2. The summed E-state index contributed by atoms with van der Waals surface area (Å²) in [5.41, 5.74) is 1.75. The number of hydrogen-bond acceptors (Lipinski definition) is 4. The van der Waals surface area contributed by atoms with Gasteiger partial charge in [-0.15, -0.1) is 0 Å². The first kappa shape index (κ1) is 14.5. The van der Waals surface area contributed by atoms with Crippen LogP contribution in [0.1, 0.15) is 23.2 Å². The number of benzene rings is 1. The van der Waals surface area contributed by atoms with Gasteiger partial charge in [-0.05, 0) is 30.5 Å². The lowest BCUT2D eigenvalue weighted by Crippen LogP contribution is -2.31. The van der Waals surface area contributed by atoms with Gasteiger partial charge < -0.3 is 15.0 Å². The summed E-state index contributed by atoms with van der Waals surface area (Å²) in [6, 6.07) is 7.03. The van der Waals surface area contributed by atoms with Gasteiger partial charge >= 0.3 is 0 Å². The molecule has 1 amide bonds. The summed E-state index contributed by atoms with van der Waals surface area (Å²) in [5.74, 6) is -0.123. The van der Waals surface area contributed by atoms with E-state index in [1.807, 2.05) is 0 Å². The van der Waals surface area contributed by atoms with E-state index in [9.17, 15) is 9.59 Å². The summed E-state index contributed by atoms with van der Waals surface area (Å²) in [5, 5.41) is 2.88. The number of carbonyl (C=O) groups excluding carboxylic acids is 1. The molecule has 2 aromatic rings. The van der Waals surface area contributed by atoms with Crippen molar-refractivity contribution in [3.8, 4) is 11.3 Å². The molecule has 0 unspecified atom stereocenters. The lowest BCUT2D eigenvalue weighted by Gasteiger charge is -2.11. The predicted molar refractivity (Wildman–Crippen MR) is 81.6 cm³/mol. The van der Waals surface area contributed by atoms with Gasteiger partial charge in [-0.3, -0.25) is 14.6 Å². The first-order chi connectivity index (χ1) is 10.7. The topological polar surface area (TPSA) is 84.1 Å². The Kier molecular flexibility index (Phi) is 4.29. The Hall–Kier alpha value is -2.47. The van der Waals surface area contributed by atoms with Gasteiger partial charge in [-0.25, -0.2) is 0 Å². The Balaban J connectivity index is 1.65. The number of nitrogens with one attached hydrogen (secondary N) is 2. The molecule has 1 atom stereocenters. The molecule has 114 valence electrons. The van der Waals surface area contributed by atoms with Gasteiger partial charge in [0.1, 0.15) is 0 Å². The molecule has 0 saturated carbocycles. The lowest BCUT2D eigenvalue weighted by atomic mass is 10.1. The fourth-order valence-corrected chi connectivity index (χ4v) is 2.44. The quantitative estimate of drug-likeness (QED) is 0.892. The molecule has 6 nitrogen and oxygen atoms in total. The molecule has 1 aromatic carbocycles. The lowest BCUT2D eigenvalue weighted by molar-refractivity contribution is 0.0858. The molecule has 1 aromatic heterocycles. The molecule has 0 radical (unpaired) electrons. The van der Waals surface area contributed by atoms with E-state index in [1.54, 1.807) is 30.5 Å². The third kappa shape index (κ3) is 3.40. The zero-order chi connectivity index (χ0) is 15.4. The van der Waals surface area contributed by atoms with E-state index in [0.29, 0.717) is 17.8 Å². The van der Waals surface area contributed by atoms with Crippen LogP contribution >= 0.6 is 0 Å². The van der Waals surface area contributed by atoms with Crippen molar-refractivity contribution in [2.24, 2.45) is 0 Å². The molecule has 0 spiro atoms. The average Bonchev–Trinajstić information content (AvgIpc) is 3.06. The average molecular weight is 299 g/mol. The third-order valence-corrected chi connectivity index (χ3v) is 3.63. The molecule has 0 bridgehead atoms. The van der Waals surface area contributed by atoms with Crippen LogP contribution in [0.4, 0.5) is 0 Å². The minimum Gasteiger partial charge on any atom is -0.376 e. The summed E-state index contributed by atoms with van der Waals surface area (Å²) in [6.45, 7) is 1.31. The maximum absolute atomic E-state index is 12.1. The summed E-state index contributed by atoms with van der Waals surface area (Å²) in [7, 11) is 0. The molecule has 0 aliphatic carbocycles. The van der Waals surface area contributed by atoms with E-state index < -0.39 is 0 Å². The molecule has 2 heterocycles. The zero-order valence-corrected chi connectivity index (χ0v) is 12.0. The second-order valence-corrected chi connectivity index (χ2v) is 5.23. The maximum Gasteiger partial charge on any atom is 0.266 e. The van der Waals surface area contributed by atoms with Crippen LogP contribution in [0.15, 0.2) is 41.5 Å². The van der Waals surface area contributed by atoms with Crippen LogP contribution in [-0.4, -0.2) is 35.1 Å². The number of ether oxygens (including phenoxy) is 1. The first-order valence-corrected chi connectivity index (χ1v) is 7.27. The van der Waals surface area contributed by atoms with Gasteiger partial charge in [0, 0.05) is 18.7 Å². The van der Waals surface area contributed by atoms with Crippen LogP contribution in [0.5, 0.6) is 0 Å². The maximum atomic E-state index is 12.1. The molecule has 3 rings (SSSR count). The molecule has 1 aliphatic rings. The Labute approximate surface area is 127 Å². The first-order valence-electron chi connectivity index (χ1n) is 7.27. The summed E-state index contributed by atoms with van der Waals surface area (Å²) < 4.78 is 5.47. The highest BCUT2D eigenvalue weighted by Gasteiger charge is 2.16. The fourth-order valence-electron chi connectivity index (χ4n) is 2.44. The van der Waals surface area contributed by atoms with Crippen LogP contribution in [0, 0.1) is 0 Å². The second-order valence-electron chi connectivity index (χ2n) is 5.23. The number of carbonyl (C=O) groups is 1. The smallest absolute Gasteiger partial charge is 0.266 e. The molecular weight excluding hydrogens is 282 g/mol. The van der Waals surface area contributed by atoms with E-state index >= 15 is 0 Å². The van der Waals surface area contributed by atoms with Gasteiger partial charge in [-0.2, -0.15) is 0 Å². The van der Waals surface area contributed by atoms with E-state index in [-0.39, 0.29) is 17.6 Å². The zero-order valence-electron chi connectivity index (χ0n) is 12.0. The van der Waals surface area contributed by atoms with Crippen molar-refractivity contribution in [1.29, 1.82) is 0 Å². The number of rotatable bonds is 4. The minimum atomic E-state index is -0.254. The van der Waals surface area contributed by atoms with Crippen LogP contribution in [0.3, 0.4) is 0 Å². The van der Waals surface area contributed by atoms with Gasteiger partial charge in [0.05, 0.1) is 24.2 Å². The molecule has 2 N–H and O–H groups in total. The van der Waals surface area contributed by atoms with Crippen LogP contribution in [0.2, 0.25) is 0 Å². The van der Waals surface area contributed by atoms with Crippen molar-refractivity contribution < 1.29 is 9.53 Å². The van der Waals surface area contributed by atoms with Gasteiger partial charge in [0.15, 0.2) is 0 Å². The van der Waals surface area contributed by atoms with Crippen LogP contribution in [-0.2, 0) is 4.74 Å². The van der Waals surface area contributed by atoms with Crippen molar-refractivity contribution >= 4 is 5.91 Å². The number of aromatic amines is 1. The third-order valence-electron chi connectivity index (χ3n) is 3.63. The van der Waals surface area contributed by atoms with Crippen molar-refractivity contribution in [3.05, 3.63) is 52.6 Å². The molecule has 1 aliphatic heterocycles. The highest BCUT2D eigenvalue weighted by Crippen LogP contribution is 2.15. The fraction of sp³-hybridized carbons (Fsp3) is 0.312. The highest BCUT2D eigenvalue weighted by atomic mass is 16.5. The summed E-state index contributed by atoms with van der Waals surface area (Å²) in [6.07, 6.45) is 4.97. The Morgan fingerprint density at radius 3 is 2.82 bits per heavy atom. The summed E-state index contributed by atoms with van der Waals surface area (Å²) >= 11 is 0. The predicted octanol–water partition coefficient (Wildman–Crippen LogP) is 1.35. The molecule has 22 heavy (non-hydrogen) atoms. The Morgan fingerprint density at radius 2 is 2.14 bits per heavy atom. The monoisotopic (exact) mass is 299 g/mol. The van der Waals surface area contributed by atoms with Crippen molar-refractivity contribution in [3.63, 3.8) is 0 Å². The minimum absolute atomic E-state index is 0.123. The Morgan fingerprint density at radius 1 is 1.32 bits per heavy atom. The molecule has 6 heteroatoms. The molecular formula is C16H17N3O3.